The lowest BCUT2D eigenvalue weighted by molar-refractivity contribution is 0.302. The first-order valence-corrected chi connectivity index (χ1v) is 11.8. The van der Waals surface area contributed by atoms with E-state index in [-0.39, 0.29) is 18.2 Å². The van der Waals surface area contributed by atoms with Crippen LogP contribution in [0, 0.1) is 5.82 Å². The molecule has 0 spiro atoms. The summed E-state index contributed by atoms with van der Waals surface area (Å²) >= 11 is 5.12. The molecule has 0 aliphatic carbocycles. The van der Waals surface area contributed by atoms with Crippen molar-refractivity contribution in [2.75, 3.05) is 12.3 Å². The summed E-state index contributed by atoms with van der Waals surface area (Å²) in [6, 6.07) is 22.1. The Bertz CT molecular complexity index is 1150. The van der Waals surface area contributed by atoms with E-state index in [0.29, 0.717) is 13.2 Å². The summed E-state index contributed by atoms with van der Waals surface area (Å²) in [6.07, 6.45) is 0. The Morgan fingerprint density at radius 2 is 1.82 bits per heavy atom. The molecule has 1 aromatic heterocycles. The first kappa shape index (κ1) is 25.2. The number of para-hydroxylation sites is 1. The van der Waals surface area contributed by atoms with Crippen molar-refractivity contribution >= 4 is 40.1 Å². The topological polar surface area (TPSA) is 64.9 Å². The van der Waals surface area contributed by atoms with Gasteiger partial charge in [0.2, 0.25) is 5.16 Å². The molecule has 0 fully saturated rings. The number of rotatable bonds is 10. The molecule has 0 unspecified atom stereocenters. The van der Waals surface area contributed by atoms with Gasteiger partial charge >= 0.3 is 0 Å². The molecule has 0 aliphatic rings. The van der Waals surface area contributed by atoms with Gasteiger partial charge in [-0.1, -0.05) is 58.0 Å². The van der Waals surface area contributed by atoms with Crippen LogP contribution < -0.4 is 10.1 Å². The van der Waals surface area contributed by atoms with Crippen LogP contribution in [0.5, 0.6) is 5.75 Å². The van der Waals surface area contributed by atoms with E-state index in [1.54, 1.807) is 28.6 Å². The van der Waals surface area contributed by atoms with E-state index in [1.165, 1.54) is 12.1 Å². The van der Waals surface area contributed by atoms with Crippen molar-refractivity contribution in [2.45, 2.75) is 18.3 Å². The highest BCUT2D eigenvalue weighted by atomic mass is 79.9. The molecule has 0 bridgehead atoms. The van der Waals surface area contributed by atoms with Gasteiger partial charge in [-0.25, -0.2) is 4.39 Å². The predicted molar refractivity (Wildman–Crippen MR) is 134 cm³/mol. The molecule has 10 heteroatoms. The van der Waals surface area contributed by atoms with Gasteiger partial charge in [-0.2, -0.15) is 4.68 Å². The highest BCUT2D eigenvalue weighted by Gasteiger charge is 2.09. The van der Waals surface area contributed by atoms with Gasteiger partial charge in [0.25, 0.3) is 0 Å². The van der Waals surface area contributed by atoms with Crippen molar-refractivity contribution in [1.82, 2.24) is 25.5 Å². The predicted octanol–water partition coefficient (Wildman–Crippen LogP) is 5.45. The Hall–Kier alpha value is -2.46. The van der Waals surface area contributed by atoms with Crippen LogP contribution in [-0.2, 0) is 13.2 Å². The van der Waals surface area contributed by atoms with Crippen molar-refractivity contribution in [2.24, 2.45) is 0 Å². The number of hydrogen-bond acceptors (Lipinski definition) is 6. The molecule has 1 N–H and O–H groups in total. The number of halogens is 3. The maximum atomic E-state index is 13.1. The summed E-state index contributed by atoms with van der Waals surface area (Å²) in [5.41, 5.74) is 2.89. The highest BCUT2D eigenvalue weighted by molar-refractivity contribution is 9.10. The molecule has 0 amide bonds. The van der Waals surface area contributed by atoms with Crippen LogP contribution in [-0.4, -0.2) is 32.5 Å². The van der Waals surface area contributed by atoms with Crippen LogP contribution in [0.25, 0.3) is 5.69 Å². The van der Waals surface area contributed by atoms with Gasteiger partial charge in [-0.15, -0.1) is 17.5 Å². The molecule has 0 saturated heterocycles. The molecule has 33 heavy (non-hydrogen) atoms. The van der Waals surface area contributed by atoms with E-state index in [9.17, 15) is 4.39 Å². The molecule has 1 heterocycles. The zero-order valence-electron chi connectivity index (χ0n) is 17.5. The monoisotopic (exact) mass is 549 g/mol. The largest absolute Gasteiger partial charge is 0.489 e. The minimum atomic E-state index is -0.252. The highest BCUT2D eigenvalue weighted by Crippen LogP contribution is 2.24. The van der Waals surface area contributed by atoms with Crippen LogP contribution in [0.15, 0.2) is 82.4 Å². The van der Waals surface area contributed by atoms with E-state index in [2.05, 4.69) is 36.8 Å². The second-order valence-electron chi connectivity index (χ2n) is 6.90. The summed E-state index contributed by atoms with van der Waals surface area (Å²) < 4.78 is 21.8. The number of nitrogens with one attached hydrogen (secondary N) is 1. The van der Waals surface area contributed by atoms with Gasteiger partial charge in [0, 0.05) is 28.9 Å². The van der Waals surface area contributed by atoms with E-state index in [0.717, 1.165) is 44.5 Å². The summed E-state index contributed by atoms with van der Waals surface area (Å²) in [6.45, 7) is 1.81. The van der Waals surface area contributed by atoms with Crippen molar-refractivity contribution < 1.29 is 9.13 Å². The zero-order chi connectivity index (χ0) is 22.2. The molecule has 4 rings (SSSR count). The molecule has 172 valence electrons. The van der Waals surface area contributed by atoms with E-state index < -0.39 is 0 Å². The first-order valence-electron chi connectivity index (χ1n) is 10.0. The minimum absolute atomic E-state index is 0. The number of thioether (sulfide) groups is 1. The van der Waals surface area contributed by atoms with Crippen LogP contribution in [0.2, 0.25) is 0 Å². The Morgan fingerprint density at radius 3 is 2.61 bits per heavy atom. The van der Waals surface area contributed by atoms with E-state index >= 15 is 0 Å². The van der Waals surface area contributed by atoms with Gasteiger partial charge < -0.3 is 10.1 Å². The maximum Gasteiger partial charge on any atom is 0.214 e. The second kappa shape index (κ2) is 12.7. The molecule has 3 aromatic carbocycles. The number of tetrazole rings is 1. The molecular weight excluding hydrogens is 529 g/mol. The average molecular weight is 551 g/mol. The summed E-state index contributed by atoms with van der Waals surface area (Å²) in [4.78, 5) is 0. The third-order valence-corrected chi connectivity index (χ3v) is 6.01. The van der Waals surface area contributed by atoms with Gasteiger partial charge in [0.15, 0.2) is 0 Å². The SMILES string of the molecule is Cl.Fc1ccc(COc2ccc(Br)cc2CNCCSc2nnnn2-c2ccccc2)cc1. The van der Waals surface area contributed by atoms with Gasteiger partial charge in [-0.05, 0) is 58.5 Å². The standard InChI is InChI=1S/C23H21BrFN5OS.ClH/c24-19-8-11-22(31-16-17-6-9-20(25)10-7-17)18(14-19)15-26-12-13-32-23-27-28-29-30(23)21-4-2-1-3-5-21;/h1-11,14,26H,12-13,15-16H2;1H. The smallest absolute Gasteiger partial charge is 0.214 e. The van der Waals surface area contributed by atoms with Crippen LogP contribution >= 0.6 is 40.1 Å². The number of hydrogen-bond donors (Lipinski definition) is 1. The van der Waals surface area contributed by atoms with Crippen LogP contribution in [0.3, 0.4) is 0 Å². The summed E-state index contributed by atoms with van der Waals surface area (Å²) in [5, 5.41) is 16.2. The fraction of sp³-hybridized carbons (Fsp3) is 0.174. The van der Waals surface area contributed by atoms with Crippen LogP contribution in [0.1, 0.15) is 11.1 Å². The molecule has 0 atom stereocenters. The maximum absolute atomic E-state index is 13.1. The molecule has 0 radical (unpaired) electrons. The normalized spacial score (nSPS) is 10.6. The van der Waals surface area contributed by atoms with Crippen molar-refractivity contribution in [3.05, 3.63) is 94.2 Å². The third kappa shape index (κ3) is 7.26. The number of nitrogens with zero attached hydrogens (tertiary/aromatic N) is 4. The molecular formula is C23H22BrClFN5OS. The Labute approximate surface area is 210 Å². The lowest BCUT2D eigenvalue weighted by Crippen LogP contribution is -2.17. The van der Waals surface area contributed by atoms with Crippen molar-refractivity contribution in [3.63, 3.8) is 0 Å². The number of ether oxygens (including phenoxy) is 1. The minimum Gasteiger partial charge on any atom is -0.489 e. The van der Waals surface area contributed by atoms with Gasteiger partial charge in [-0.3, -0.25) is 0 Å². The Morgan fingerprint density at radius 1 is 1.03 bits per heavy atom. The number of benzene rings is 3. The fourth-order valence-corrected chi connectivity index (χ4v) is 4.20. The van der Waals surface area contributed by atoms with Crippen molar-refractivity contribution in [1.29, 1.82) is 0 Å². The van der Waals surface area contributed by atoms with Gasteiger partial charge in [0.05, 0.1) is 5.69 Å². The second-order valence-corrected chi connectivity index (χ2v) is 8.88. The van der Waals surface area contributed by atoms with E-state index in [1.807, 2.05) is 48.5 Å². The number of aromatic nitrogens is 4. The fourth-order valence-electron chi connectivity index (χ4n) is 3.01. The van der Waals surface area contributed by atoms with Crippen molar-refractivity contribution in [3.8, 4) is 11.4 Å². The quantitative estimate of drug-likeness (QED) is 0.209. The lowest BCUT2D eigenvalue weighted by Gasteiger charge is -2.13. The average Bonchev–Trinajstić information content (AvgIpc) is 3.28. The Kier molecular flexibility index (Phi) is 9.68. The van der Waals surface area contributed by atoms with E-state index in [4.69, 9.17) is 4.74 Å². The summed E-state index contributed by atoms with van der Waals surface area (Å²) in [5.74, 6) is 1.36. The zero-order valence-corrected chi connectivity index (χ0v) is 20.7. The van der Waals surface area contributed by atoms with Gasteiger partial charge in [0.1, 0.15) is 18.2 Å². The molecule has 4 aromatic rings. The third-order valence-electron chi connectivity index (χ3n) is 4.60. The lowest BCUT2D eigenvalue weighted by atomic mass is 10.2. The summed E-state index contributed by atoms with van der Waals surface area (Å²) in [7, 11) is 0. The molecule has 6 nitrogen and oxygen atoms in total. The first-order chi connectivity index (χ1) is 15.7. The molecule has 0 saturated carbocycles. The van der Waals surface area contributed by atoms with Crippen LogP contribution in [0.4, 0.5) is 4.39 Å². The molecule has 0 aliphatic heterocycles. The Balaban J connectivity index is 0.00000306.